The Morgan fingerprint density at radius 1 is 1.10 bits per heavy atom. The molecule has 1 atom stereocenters. The molecule has 3 aromatic rings. The van der Waals surface area contributed by atoms with Crippen molar-refractivity contribution in [1.29, 1.82) is 0 Å². The van der Waals surface area contributed by atoms with Gasteiger partial charge in [0.2, 0.25) is 5.95 Å². The van der Waals surface area contributed by atoms with Gasteiger partial charge in [0.25, 0.3) is 0 Å². The number of benzene rings is 1. The van der Waals surface area contributed by atoms with E-state index in [1.165, 1.54) is 0 Å². The van der Waals surface area contributed by atoms with Gasteiger partial charge in [-0.1, -0.05) is 31.2 Å². The molecule has 0 radical (unpaired) electrons. The molecule has 0 saturated carbocycles. The first-order valence-corrected chi connectivity index (χ1v) is 11.3. The van der Waals surface area contributed by atoms with E-state index >= 15 is 0 Å². The summed E-state index contributed by atoms with van der Waals surface area (Å²) in [5.74, 6) is 0.695. The number of thiophene rings is 1. The smallest absolute Gasteiger partial charge is 0.224 e. The number of fused-ring (bicyclic) bond motifs is 1. The van der Waals surface area contributed by atoms with E-state index in [2.05, 4.69) is 95.9 Å². The Balaban J connectivity index is 1.79. The molecule has 1 aromatic carbocycles. The van der Waals surface area contributed by atoms with Crippen molar-refractivity contribution in [2.45, 2.75) is 25.9 Å². The third kappa shape index (κ3) is 5.84. The number of nitrogens with one attached hydrogen (secondary N) is 1. The molecule has 0 bridgehead atoms. The Morgan fingerprint density at radius 3 is 2.53 bits per heavy atom. The third-order valence-corrected chi connectivity index (χ3v) is 5.74. The first kappa shape index (κ1) is 22.3. The van der Waals surface area contributed by atoms with Gasteiger partial charge in [-0.25, -0.2) is 9.97 Å². The van der Waals surface area contributed by atoms with Crippen molar-refractivity contribution >= 4 is 33.7 Å². The fourth-order valence-electron chi connectivity index (χ4n) is 3.25. The summed E-state index contributed by atoms with van der Waals surface area (Å²) in [7, 11) is 8.29. The zero-order valence-electron chi connectivity index (χ0n) is 18.6. The number of hydrogen-bond acceptors (Lipinski definition) is 7. The minimum Gasteiger partial charge on any atom is -0.354 e. The van der Waals surface area contributed by atoms with Crippen LogP contribution in [0, 0.1) is 0 Å². The lowest BCUT2D eigenvalue weighted by atomic mass is 10.1. The Hall–Kier alpha value is -2.35. The number of aromatic nitrogens is 2. The van der Waals surface area contributed by atoms with Gasteiger partial charge >= 0.3 is 0 Å². The molecule has 0 aliphatic heterocycles. The van der Waals surface area contributed by atoms with Crippen molar-refractivity contribution in [3.63, 3.8) is 0 Å². The van der Waals surface area contributed by atoms with Crippen molar-refractivity contribution in [3.05, 3.63) is 41.3 Å². The van der Waals surface area contributed by atoms with Gasteiger partial charge in [0, 0.05) is 23.7 Å². The van der Waals surface area contributed by atoms with Crippen LogP contribution in [0.15, 0.2) is 40.7 Å². The van der Waals surface area contributed by atoms with Gasteiger partial charge in [0.05, 0.1) is 5.69 Å². The van der Waals surface area contributed by atoms with Crippen molar-refractivity contribution < 1.29 is 0 Å². The molecule has 30 heavy (non-hydrogen) atoms. The van der Waals surface area contributed by atoms with Crippen LogP contribution in [-0.2, 0) is 0 Å². The number of aliphatic imine (C=N–C) groups is 1. The molecule has 160 valence electrons. The number of nitrogens with zero attached hydrogens (tertiary/aromatic N) is 5. The molecule has 2 heterocycles. The molecule has 6 nitrogen and oxygen atoms in total. The molecular weight excluding hydrogens is 392 g/mol. The van der Waals surface area contributed by atoms with Gasteiger partial charge in [-0.3, -0.25) is 9.89 Å². The summed E-state index contributed by atoms with van der Waals surface area (Å²) in [5, 5.41) is 6.56. The van der Waals surface area contributed by atoms with E-state index in [-0.39, 0.29) is 6.17 Å². The highest BCUT2D eigenvalue weighted by Crippen LogP contribution is 2.30. The zero-order valence-corrected chi connectivity index (χ0v) is 19.4. The fourth-order valence-corrected chi connectivity index (χ4v) is 4.02. The van der Waals surface area contributed by atoms with Crippen LogP contribution in [0.2, 0.25) is 0 Å². The summed E-state index contributed by atoms with van der Waals surface area (Å²) < 4.78 is 0. The number of anilines is 1. The van der Waals surface area contributed by atoms with E-state index in [9.17, 15) is 0 Å². The molecule has 0 fully saturated rings. The highest BCUT2D eigenvalue weighted by Gasteiger charge is 2.11. The van der Waals surface area contributed by atoms with E-state index in [4.69, 9.17) is 4.98 Å². The zero-order chi connectivity index (χ0) is 21.5. The van der Waals surface area contributed by atoms with Crippen LogP contribution >= 0.6 is 11.3 Å². The second-order valence-electron chi connectivity index (χ2n) is 7.87. The Morgan fingerprint density at radius 2 is 1.87 bits per heavy atom. The molecule has 1 N–H and O–H groups in total. The van der Waals surface area contributed by atoms with Crippen LogP contribution < -0.4 is 5.32 Å². The molecule has 0 aliphatic rings. The first-order chi connectivity index (χ1) is 14.5. The maximum atomic E-state index is 4.83. The topological polar surface area (TPSA) is 56.7 Å². The molecule has 0 amide bonds. The second kappa shape index (κ2) is 10.6. The van der Waals surface area contributed by atoms with Gasteiger partial charge in [-0.05, 0) is 64.6 Å². The largest absolute Gasteiger partial charge is 0.354 e. The molecular formula is C23H32N6S. The van der Waals surface area contributed by atoms with E-state index in [1.54, 1.807) is 11.3 Å². The van der Waals surface area contributed by atoms with Gasteiger partial charge in [-0.2, -0.15) is 0 Å². The average molecular weight is 425 g/mol. The monoisotopic (exact) mass is 424 g/mol. The summed E-state index contributed by atoms with van der Waals surface area (Å²) in [6, 6.07) is 10.5. The van der Waals surface area contributed by atoms with E-state index in [0.29, 0.717) is 5.95 Å². The molecule has 3 rings (SSSR count). The molecule has 0 spiro atoms. The van der Waals surface area contributed by atoms with E-state index < -0.39 is 0 Å². The highest BCUT2D eigenvalue weighted by molar-refractivity contribution is 7.16. The van der Waals surface area contributed by atoms with Gasteiger partial charge < -0.3 is 10.2 Å². The lowest BCUT2D eigenvalue weighted by molar-refractivity contribution is 0.296. The van der Waals surface area contributed by atoms with Crippen LogP contribution in [0.25, 0.3) is 21.5 Å². The summed E-state index contributed by atoms with van der Waals surface area (Å²) in [4.78, 5) is 19.5. The van der Waals surface area contributed by atoms with Crippen LogP contribution in [-0.4, -0.2) is 73.4 Å². The van der Waals surface area contributed by atoms with Crippen molar-refractivity contribution in [2.75, 3.05) is 46.6 Å². The van der Waals surface area contributed by atoms with Crippen molar-refractivity contribution in [2.24, 2.45) is 4.99 Å². The maximum Gasteiger partial charge on any atom is 0.224 e. The van der Waals surface area contributed by atoms with Crippen LogP contribution in [0.5, 0.6) is 0 Å². The SMILES string of the molecule is CCC(/N=C/c1ccc(-c2nc(NCCCN(C)C)nc3sccc23)cc1)N(C)C. The molecule has 1 unspecified atom stereocenters. The Labute approximate surface area is 183 Å². The van der Waals surface area contributed by atoms with Crippen molar-refractivity contribution in [1.82, 2.24) is 19.8 Å². The lowest BCUT2D eigenvalue weighted by Gasteiger charge is -2.17. The predicted octanol–water partition coefficient (Wildman–Crippen LogP) is 4.44. The first-order valence-electron chi connectivity index (χ1n) is 10.4. The van der Waals surface area contributed by atoms with Crippen LogP contribution in [0.3, 0.4) is 0 Å². The number of rotatable bonds is 10. The van der Waals surface area contributed by atoms with Crippen LogP contribution in [0.4, 0.5) is 5.95 Å². The van der Waals surface area contributed by atoms with Crippen molar-refractivity contribution in [3.8, 4) is 11.3 Å². The lowest BCUT2D eigenvalue weighted by Crippen LogP contribution is -2.25. The summed E-state index contributed by atoms with van der Waals surface area (Å²) in [6.07, 6.45) is 4.20. The fraction of sp³-hybridized carbons (Fsp3) is 0.435. The number of hydrogen-bond donors (Lipinski definition) is 1. The molecule has 0 saturated heterocycles. The minimum absolute atomic E-state index is 0.207. The summed E-state index contributed by atoms with van der Waals surface area (Å²) >= 11 is 1.65. The highest BCUT2D eigenvalue weighted by atomic mass is 32.1. The molecule has 7 heteroatoms. The molecule has 0 aliphatic carbocycles. The quantitative estimate of drug-likeness (QED) is 0.385. The maximum absolute atomic E-state index is 4.83. The van der Waals surface area contributed by atoms with Gasteiger partial charge in [-0.15, -0.1) is 11.3 Å². The van der Waals surface area contributed by atoms with Gasteiger partial charge in [0.15, 0.2) is 0 Å². The second-order valence-corrected chi connectivity index (χ2v) is 8.77. The summed E-state index contributed by atoms with van der Waals surface area (Å²) in [6.45, 7) is 4.05. The van der Waals surface area contributed by atoms with E-state index in [0.717, 1.165) is 53.0 Å². The van der Waals surface area contributed by atoms with E-state index in [1.807, 2.05) is 6.21 Å². The summed E-state index contributed by atoms with van der Waals surface area (Å²) in [5.41, 5.74) is 3.16. The third-order valence-electron chi connectivity index (χ3n) is 4.93. The van der Waals surface area contributed by atoms with Gasteiger partial charge in [0.1, 0.15) is 11.0 Å². The molecule has 2 aromatic heterocycles. The minimum atomic E-state index is 0.207. The Kier molecular flexibility index (Phi) is 7.90. The standard InChI is InChI=1S/C23H32N6S/c1-6-20(29(4)5)25-16-17-8-10-18(11-9-17)21-19-12-15-30-22(19)27-23(26-21)24-13-7-14-28(2)3/h8-12,15-16,20H,6-7,13-14H2,1-5H3,(H,24,26,27)/b25-16+. The predicted molar refractivity (Wildman–Crippen MR) is 130 cm³/mol. The Bertz CT molecular complexity index is 961. The average Bonchev–Trinajstić information content (AvgIpc) is 3.20. The normalized spacial score (nSPS) is 13.0. The van der Waals surface area contributed by atoms with Crippen LogP contribution in [0.1, 0.15) is 25.3 Å².